The average molecular weight is 471 g/mol. The third-order valence-corrected chi connectivity index (χ3v) is 9.45. The van der Waals surface area contributed by atoms with Gasteiger partial charge in [-0.1, -0.05) is 42.5 Å². The number of carbonyl (C=O) groups excluding carboxylic acids is 1. The Morgan fingerprint density at radius 2 is 1.84 bits per heavy atom. The Bertz CT molecular complexity index is 1310. The normalized spacial score (nSPS) is 16.8. The first-order chi connectivity index (χ1) is 15.0. The van der Waals surface area contributed by atoms with E-state index in [1.54, 1.807) is 17.5 Å². The Hall–Kier alpha value is -2.59. The van der Waals surface area contributed by atoms with Gasteiger partial charge in [0, 0.05) is 13.0 Å². The smallest absolute Gasteiger partial charge is 0.325 e. The van der Waals surface area contributed by atoms with E-state index in [9.17, 15) is 13.2 Å². The SMILES string of the molecule is O=C(OCc1nc2ccccc2s1)C1Cc2ccccc2CN1S(=O)(=O)c1cccs1. The quantitative estimate of drug-likeness (QED) is 0.408. The van der Waals surface area contributed by atoms with E-state index in [0.717, 1.165) is 32.7 Å². The summed E-state index contributed by atoms with van der Waals surface area (Å²) in [5.74, 6) is -0.561. The Balaban J connectivity index is 1.42. The van der Waals surface area contributed by atoms with E-state index in [0.29, 0.717) is 5.01 Å². The maximum absolute atomic E-state index is 13.3. The number of esters is 1. The van der Waals surface area contributed by atoms with Gasteiger partial charge >= 0.3 is 5.97 Å². The van der Waals surface area contributed by atoms with E-state index in [-0.39, 0.29) is 23.8 Å². The zero-order valence-corrected chi connectivity index (χ0v) is 18.8. The summed E-state index contributed by atoms with van der Waals surface area (Å²) in [5, 5.41) is 2.39. The van der Waals surface area contributed by atoms with Crippen LogP contribution in [0.2, 0.25) is 0 Å². The van der Waals surface area contributed by atoms with E-state index in [1.807, 2.05) is 48.5 Å². The summed E-state index contributed by atoms with van der Waals surface area (Å²) in [6.07, 6.45) is 0.277. The van der Waals surface area contributed by atoms with Crippen molar-refractivity contribution in [3.8, 4) is 0 Å². The largest absolute Gasteiger partial charge is 0.457 e. The number of para-hydroxylation sites is 1. The number of nitrogens with zero attached hydrogens (tertiary/aromatic N) is 2. The zero-order valence-electron chi connectivity index (χ0n) is 16.3. The number of hydrogen-bond acceptors (Lipinski definition) is 7. The van der Waals surface area contributed by atoms with Crippen molar-refractivity contribution in [1.82, 2.24) is 9.29 Å². The second-order valence-electron chi connectivity index (χ2n) is 7.15. The number of aromatic nitrogens is 1. The third kappa shape index (κ3) is 3.89. The molecule has 0 spiro atoms. The van der Waals surface area contributed by atoms with Gasteiger partial charge < -0.3 is 4.74 Å². The standard InChI is InChI=1S/C22H18N2O4S3/c25-22(28-14-20-23-17-8-3-4-9-19(17)30-20)18-12-15-6-1-2-7-16(15)13-24(18)31(26,27)21-10-5-11-29-21/h1-11,18H,12-14H2. The first-order valence-corrected chi connectivity index (χ1v) is 12.8. The monoisotopic (exact) mass is 470 g/mol. The molecule has 2 aromatic carbocycles. The molecular formula is C22H18N2O4S3. The predicted octanol–water partition coefficient (Wildman–Crippen LogP) is 4.22. The highest BCUT2D eigenvalue weighted by atomic mass is 32.2. The molecule has 0 amide bonds. The molecule has 0 aliphatic carbocycles. The molecule has 5 rings (SSSR count). The summed E-state index contributed by atoms with van der Waals surface area (Å²) in [4.78, 5) is 17.6. The first-order valence-electron chi connectivity index (χ1n) is 9.65. The minimum atomic E-state index is -3.82. The van der Waals surface area contributed by atoms with Crippen LogP contribution in [-0.4, -0.2) is 29.7 Å². The van der Waals surface area contributed by atoms with Crippen LogP contribution in [-0.2, 0) is 39.1 Å². The number of hydrogen-bond donors (Lipinski definition) is 0. The summed E-state index contributed by atoms with van der Waals surface area (Å²) < 4.78 is 34.6. The van der Waals surface area contributed by atoms with Gasteiger partial charge in [0.2, 0.25) is 0 Å². The number of sulfonamides is 1. The second-order valence-corrected chi connectivity index (χ2v) is 11.3. The van der Waals surface area contributed by atoms with Crippen LogP contribution in [0.5, 0.6) is 0 Å². The lowest BCUT2D eigenvalue weighted by Crippen LogP contribution is -2.49. The van der Waals surface area contributed by atoms with Crippen LogP contribution in [0.15, 0.2) is 70.3 Å². The van der Waals surface area contributed by atoms with Crippen LogP contribution >= 0.6 is 22.7 Å². The minimum absolute atomic E-state index is 0.0171. The highest BCUT2D eigenvalue weighted by Gasteiger charge is 2.41. The lowest BCUT2D eigenvalue weighted by molar-refractivity contribution is -0.150. The second kappa shape index (κ2) is 8.16. The van der Waals surface area contributed by atoms with Gasteiger partial charge in [-0.2, -0.15) is 4.31 Å². The predicted molar refractivity (Wildman–Crippen MR) is 120 cm³/mol. The van der Waals surface area contributed by atoms with Crippen molar-refractivity contribution in [2.75, 3.05) is 0 Å². The molecule has 1 unspecified atom stereocenters. The minimum Gasteiger partial charge on any atom is -0.457 e. The van der Waals surface area contributed by atoms with Crippen LogP contribution in [0.25, 0.3) is 10.2 Å². The lowest BCUT2D eigenvalue weighted by atomic mass is 9.96. The summed E-state index contributed by atoms with van der Waals surface area (Å²) in [6.45, 7) is 0.153. The fraction of sp³-hybridized carbons (Fsp3) is 0.182. The van der Waals surface area contributed by atoms with E-state index in [4.69, 9.17) is 4.74 Å². The summed E-state index contributed by atoms with van der Waals surface area (Å²) in [7, 11) is -3.82. The number of thiazole rings is 1. The average Bonchev–Trinajstić information content (AvgIpc) is 3.46. The number of ether oxygens (including phenoxy) is 1. The maximum Gasteiger partial charge on any atom is 0.325 e. The zero-order chi connectivity index (χ0) is 21.4. The molecule has 9 heteroatoms. The summed E-state index contributed by atoms with van der Waals surface area (Å²) in [6, 6.07) is 17.6. The van der Waals surface area contributed by atoms with Crippen LogP contribution in [0, 0.1) is 0 Å². The fourth-order valence-corrected chi connectivity index (χ4v) is 7.24. The molecule has 0 saturated carbocycles. The molecule has 6 nitrogen and oxygen atoms in total. The molecule has 1 atom stereocenters. The molecule has 0 radical (unpaired) electrons. The van der Waals surface area contributed by atoms with Crippen LogP contribution in [0.1, 0.15) is 16.1 Å². The number of benzene rings is 2. The van der Waals surface area contributed by atoms with Crippen LogP contribution in [0.3, 0.4) is 0 Å². The van der Waals surface area contributed by atoms with Crippen molar-refractivity contribution in [3.63, 3.8) is 0 Å². The highest BCUT2D eigenvalue weighted by molar-refractivity contribution is 7.91. The van der Waals surface area contributed by atoms with Crippen molar-refractivity contribution < 1.29 is 17.9 Å². The number of carbonyl (C=O) groups is 1. The number of rotatable bonds is 5. The molecule has 1 aliphatic rings. The molecular weight excluding hydrogens is 452 g/mol. The van der Waals surface area contributed by atoms with E-state index in [2.05, 4.69) is 4.98 Å². The Labute approximate surface area is 187 Å². The van der Waals surface area contributed by atoms with E-state index in [1.165, 1.54) is 15.6 Å². The van der Waals surface area contributed by atoms with Crippen molar-refractivity contribution in [1.29, 1.82) is 0 Å². The Kier molecular flexibility index (Phi) is 5.35. The van der Waals surface area contributed by atoms with Gasteiger partial charge in [0.1, 0.15) is 21.9 Å². The van der Waals surface area contributed by atoms with Crippen LogP contribution in [0.4, 0.5) is 0 Å². The van der Waals surface area contributed by atoms with Crippen LogP contribution < -0.4 is 0 Å². The molecule has 2 aromatic heterocycles. The highest BCUT2D eigenvalue weighted by Crippen LogP contribution is 2.31. The van der Waals surface area contributed by atoms with Crippen molar-refractivity contribution >= 4 is 48.9 Å². The Morgan fingerprint density at radius 1 is 1.06 bits per heavy atom. The number of fused-ring (bicyclic) bond motifs is 2. The van der Waals surface area contributed by atoms with Crippen molar-refractivity contribution in [2.45, 2.75) is 29.8 Å². The summed E-state index contributed by atoms with van der Waals surface area (Å²) in [5.41, 5.74) is 2.71. The van der Waals surface area contributed by atoms with Gasteiger partial charge in [-0.05, 0) is 34.7 Å². The number of thiophene rings is 1. The molecule has 158 valence electrons. The molecule has 3 heterocycles. The molecule has 31 heavy (non-hydrogen) atoms. The maximum atomic E-state index is 13.3. The molecule has 0 N–H and O–H groups in total. The van der Waals surface area contributed by atoms with Crippen molar-refractivity contribution in [3.05, 3.63) is 82.2 Å². The van der Waals surface area contributed by atoms with Gasteiger partial charge in [0.15, 0.2) is 0 Å². The molecule has 0 fully saturated rings. The lowest BCUT2D eigenvalue weighted by Gasteiger charge is -2.34. The van der Waals surface area contributed by atoms with Gasteiger partial charge in [-0.3, -0.25) is 4.79 Å². The van der Waals surface area contributed by atoms with Gasteiger partial charge in [0.05, 0.1) is 10.2 Å². The molecule has 1 aliphatic heterocycles. The van der Waals surface area contributed by atoms with Gasteiger partial charge in [-0.25, -0.2) is 13.4 Å². The summed E-state index contributed by atoms with van der Waals surface area (Å²) >= 11 is 2.60. The topological polar surface area (TPSA) is 76.6 Å². The molecule has 4 aromatic rings. The Morgan fingerprint density at radius 3 is 2.61 bits per heavy atom. The molecule has 0 saturated heterocycles. The third-order valence-electron chi connectivity index (χ3n) is 5.21. The fourth-order valence-electron chi connectivity index (χ4n) is 3.69. The van der Waals surface area contributed by atoms with Gasteiger partial charge in [0.25, 0.3) is 10.0 Å². The first kappa shape index (κ1) is 20.3. The van der Waals surface area contributed by atoms with Gasteiger partial charge in [-0.15, -0.1) is 22.7 Å². The van der Waals surface area contributed by atoms with E-state index >= 15 is 0 Å². The molecule has 0 bridgehead atoms. The van der Waals surface area contributed by atoms with E-state index < -0.39 is 22.0 Å². The van der Waals surface area contributed by atoms with Crippen molar-refractivity contribution in [2.24, 2.45) is 0 Å².